The van der Waals surface area contributed by atoms with Crippen molar-refractivity contribution in [1.82, 2.24) is 0 Å². The van der Waals surface area contributed by atoms with Crippen molar-refractivity contribution in [1.29, 1.82) is 0 Å². The van der Waals surface area contributed by atoms with Gasteiger partial charge < -0.3 is 10.4 Å². The van der Waals surface area contributed by atoms with E-state index in [4.69, 9.17) is 5.11 Å². The SMILES string of the molecule is CSc1cccc(N[C@H](C)C(=O)O)c1.Cl. The minimum absolute atomic E-state index is 0. The number of carboxylic acid groups (broad SMARTS) is 1. The van der Waals surface area contributed by atoms with Gasteiger partial charge in [-0.2, -0.15) is 0 Å². The molecule has 5 heteroatoms. The van der Waals surface area contributed by atoms with Crippen molar-refractivity contribution in [2.24, 2.45) is 0 Å². The summed E-state index contributed by atoms with van der Waals surface area (Å²) in [5.41, 5.74) is 0.840. The molecule has 0 aliphatic carbocycles. The summed E-state index contributed by atoms with van der Waals surface area (Å²) in [7, 11) is 0. The van der Waals surface area contributed by atoms with E-state index in [0.29, 0.717) is 0 Å². The van der Waals surface area contributed by atoms with E-state index in [0.717, 1.165) is 10.6 Å². The Morgan fingerprint density at radius 3 is 2.73 bits per heavy atom. The minimum Gasteiger partial charge on any atom is -0.480 e. The molecule has 2 N–H and O–H groups in total. The molecule has 15 heavy (non-hydrogen) atoms. The lowest BCUT2D eigenvalue weighted by Gasteiger charge is -2.11. The molecule has 0 heterocycles. The van der Waals surface area contributed by atoms with Crippen molar-refractivity contribution in [3.8, 4) is 0 Å². The number of rotatable bonds is 4. The molecule has 3 nitrogen and oxygen atoms in total. The highest BCUT2D eigenvalue weighted by Crippen LogP contribution is 2.19. The summed E-state index contributed by atoms with van der Waals surface area (Å²) in [4.78, 5) is 11.7. The van der Waals surface area contributed by atoms with Gasteiger partial charge in [-0.1, -0.05) is 6.07 Å². The Morgan fingerprint density at radius 1 is 1.53 bits per heavy atom. The third-order valence-electron chi connectivity index (χ3n) is 1.82. The van der Waals surface area contributed by atoms with E-state index in [9.17, 15) is 4.79 Å². The first-order chi connectivity index (χ1) is 6.63. The van der Waals surface area contributed by atoms with Crippen LogP contribution in [0.5, 0.6) is 0 Å². The Bertz CT molecular complexity index is 333. The van der Waals surface area contributed by atoms with Crippen LogP contribution in [0.3, 0.4) is 0 Å². The molecule has 0 aliphatic heterocycles. The van der Waals surface area contributed by atoms with E-state index < -0.39 is 12.0 Å². The topological polar surface area (TPSA) is 49.3 Å². The van der Waals surface area contributed by atoms with E-state index >= 15 is 0 Å². The van der Waals surface area contributed by atoms with Gasteiger partial charge in [0.2, 0.25) is 0 Å². The molecule has 1 aromatic carbocycles. The highest BCUT2D eigenvalue weighted by atomic mass is 35.5. The second-order valence-electron chi connectivity index (χ2n) is 2.94. The number of thioether (sulfide) groups is 1. The second-order valence-corrected chi connectivity index (χ2v) is 3.82. The lowest BCUT2D eigenvalue weighted by molar-refractivity contribution is -0.137. The first-order valence-electron chi connectivity index (χ1n) is 4.27. The molecule has 0 saturated carbocycles. The number of benzene rings is 1. The van der Waals surface area contributed by atoms with E-state index in [1.807, 2.05) is 30.5 Å². The first-order valence-corrected chi connectivity index (χ1v) is 5.49. The third-order valence-corrected chi connectivity index (χ3v) is 2.55. The van der Waals surface area contributed by atoms with Crippen molar-refractivity contribution >= 4 is 35.8 Å². The molecule has 0 bridgehead atoms. The zero-order valence-corrected chi connectivity index (χ0v) is 10.2. The van der Waals surface area contributed by atoms with Crippen LogP contribution in [-0.2, 0) is 4.79 Å². The lowest BCUT2D eigenvalue weighted by Crippen LogP contribution is -2.25. The summed E-state index contributed by atoms with van der Waals surface area (Å²) in [5.74, 6) is -0.848. The minimum atomic E-state index is -0.848. The van der Waals surface area contributed by atoms with Crippen molar-refractivity contribution < 1.29 is 9.90 Å². The van der Waals surface area contributed by atoms with Crippen molar-refractivity contribution in [3.05, 3.63) is 24.3 Å². The first kappa shape index (κ1) is 14.1. The molecular formula is C10H14ClNO2S. The maximum absolute atomic E-state index is 10.6. The Labute approximate surface area is 99.7 Å². The molecule has 1 atom stereocenters. The summed E-state index contributed by atoms with van der Waals surface area (Å²) in [5, 5.41) is 11.6. The van der Waals surface area contributed by atoms with Crippen LogP contribution in [0.1, 0.15) is 6.92 Å². The average molecular weight is 248 g/mol. The Hall–Kier alpha value is -0.870. The van der Waals surface area contributed by atoms with Crippen molar-refractivity contribution in [2.75, 3.05) is 11.6 Å². The summed E-state index contributed by atoms with van der Waals surface area (Å²) in [6, 6.07) is 7.12. The molecule has 1 rings (SSSR count). The smallest absolute Gasteiger partial charge is 0.325 e. The predicted molar refractivity (Wildman–Crippen MR) is 66.2 cm³/mol. The Morgan fingerprint density at radius 2 is 2.20 bits per heavy atom. The fraction of sp³-hybridized carbons (Fsp3) is 0.300. The summed E-state index contributed by atoms with van der Waals surface area (Å²) in [6.07, 6.45) is 1.99. The normalized spacial score (nSPS) is 11.3. The van der Waals surface area contributed by atoms with Gasteiger partial charge in [0, 0.05) is 10.6 Å². The fourth-order valence-corrected chi connectivity index (χ4v) is 1.48. The van der Waals surface area contributed by atoms with Crippen LogP contribution in [0.2, 0.25) is 0 Å². The van der Waals surface area contributed by atoms with Gasteiger partial charge in [0.25, 0.3) is 0 Å². The van der Waals surface area contributed by atoms with Gasteiger partial charge in [-0.15, -0.1) is 24.2 Å². The van der Waals surface area contributed by atoms with E-state index in [1.54, 1.807) is 18.7 Å². The quantitative estimate of drug-likeness (QED) is 0.804. The molecule has 0 aromatic heterocycles. The Balaban J connectivity index is 0.00000196. The molecule has 0 amide bonds. The number of halogens is 1. The largest absolute Gasteiger partial charge is 0.480 e. The fourth-order valence-electron chi connectivity index (χ4n) is 1.02. The molecule has 0 radical (unpaired) electrons. The molecule has 84 valence electrons. The molecule has 0 aliphatic rings. The number of hydrogen-bond donors (Lipinski definition) is 2. The lowest BCUT2D eigenvalue weighted by atomic mass is 10.2. The van der Waals surface area contributed by atoms with Gasteiger partial charge in [-0.05, 0) is 31.4 Å². The van der Waals surface area contributed by atoms with Crippen LogP contribution in [0.25, 0.3) is 0 Å². The maximum Gasteiger partial charge on any atom is 0.325 e. The zero-order chi connectivity index (χ0) is 10.6. The van der Waals surface area contributed by atoms with Gasteiger partial charge in [0.15, 0.2) is 0 Å². The van der Waals surface area contributed by atoms with E-state index in [2.05, 4.69) is 5.32 Å². The van der Waals surface area contributed by atoms with Gasteiger partial charge in [0.05, 0.1) is 0 Å². The number of nitrogens with one attached hydrogen (secondary N) is 1. The van der Waals surface area contributed by atoms with Crippen molar-refractivity contribution in [3.63, 3.8) is 0 Å². The van der Waals surface area contributed by atoms with Crippen LogP contribution in [-0.4, -0.2) is 23.4 Å². The van der Waals surface area contributed by atoms with Gasteiger partial charge in [-0.25, -0.2) is 0 Å². The zero-order valence-electron chi connectivity index (χ0n) is 8.56. The molecule has 0 unspecified atom stereocenters. The molecule has 1 aromatic rings. The number of anilines is 1. The van der Waals surface area contributed by atoms with E-state index in [-0.39, 0.29) is 12.4 Å². The predicted octanol–water partition coefficient (Wildman–Crippen LogP) is 2.72. The maximum atomic E-state index is 10.6. The number of aliphatic carboxylic acids is 1. The molecule has 0 spiro atoms. The van der Waals surface area contributed by atoms with Crippen LogP contribution >= 0.6 is 24.2 Å². The highest BCUT2D eigenvalue weighted by molar-refractivity contribution is 7.98. The van der Waals surface area contributed by atoms with Gasteiger partial charge in [0.1, 0.15) is 6.04 Å². The van der Waals surface area contributed by atoms with Crippen molar-refractivity contribution in [2.45, 2.75) is 17.9 Å². The molecule has 0 fully saturated rings. The van der Waals surface area contributed by atoms with Gasteiger partial charge in [-0.3, -0.25) is 4.79 Å². The molecular weight excluding hydrogens is 234 g/mol. The second kappa shape index (κ2) is 6.58. The monoisotopic (exact) mass is 247 g/mol. The standard InChI is InChI=1S/C10H13NO2S.ClH/c1-7(10(12)13)11-8-4-3-5-9(6-8)14-2;/h3-7,11H,1-2H3,(H,12,13);1H/t7-;/m1./s1. The number of hydrogen-bond acceptors (Lipinski definition) is 3. The van der Waals surface area contributed by atoms with Crippen LogP contribution in [0.15, 0.2) is 29.2 Å². The van der Waals surface area contributed by atoms with Crippen LogP contribution in [0, 0.1) is 0 Å². The Kier molecular flexibility index (Phi) is 6.20. The highest BCUT2D eigenvalue weighted by Gasteiger charge is 2.09. The van der Waals surface area contributed by atoms with Crippen LogP contribution < -0.4 is 5.32 Å². The summed E-state index contributed by atoms with van der Waals surface area (Å²) in [6.45, 7) is 1.62. The van der Waals surface area contributed by atoms with Gasteiger partial charge >= 0.3 is 5.97 Å². The van der Waals surface area contributed by atoms with Crippen LogP contribution in [0.4, 0.5) is 5.69 Å². The van der Waals surface area contributed by atoms with E-state index in [1.165, 1.54) is 0 Å². The summed E-state index contributed by atoms with van der Waals surface area (Å²) >= 11 is 1.63. The number of carboxylic acids is 1. The third kappa shape index (κ3) is 4.44. The summed E-state index contributed by atoms with van der Waals surface area (Å²) < 4.78 is 0. The average Bonchev–Trinajstić information content (AvgIpc) is 2.18. The molecule has 0 saturated heterocycles. The number of carbonyl (C=O) groups is 1.